The van der Waals surface area contributed by atoms with Gasteiger partial charge in [-0.15, -0.1) is 0 Å². The zero-order valence-corrected chi connectivity index (χ0v) is 12.3. The predicted octanol–water partition coefficient (Wildman–Crippen LogP) is 0.520. The number of hydrogen-bond acceptors (Lipinski definition) is 4. The number of halogens is 1. The van der Waals surface area contributed by atoms with Gasteiger partial charge in [0.15, 0.2) is 0 Å². The number of carboxylic acid groups (broad SMARTS) is 1. The lowest BCUT2D eigenvalue weighted by Gasteiger charge is -2.26. The van der Waals surface area contributed by atoms with Crippen molar-refractivity contribution in [2.75, 3.05) is 13.1 Å². The van der Waals surface area contributed by atoms with E-state index in [0.29, 0.717) is 0 Å². The first-order chi connectivity index (χ1) is 8.91. The molecular formula is C12H11BrNO4S-. The topological polar surface area (TPSA) is 77.5 Å². The molecule has 1 aromatic rings. The first kappa shape index (κ1) is 14.2. The average molecular weight is 345 g/mol. The Morgan fingerprint density at radius 1 is 1.26 bits per heavy atom. The van der Waals surface area contributed by atoms with E-state index in [1.807, 2.05) is 0 Å². The summed E-state index contributed by atoms with van der Waals surface area (Å²) in [4.78, 5) is 10.9. The highest BCUT2D eigenvalue weighted by molar-refractivity contribution is 9.10. The van der Waals surface area contributed by atoms with Gasteiger partial charge in [-0.05, 0) is 36.3 Å². The van der Waals surface area contributed by atoms with Crippen molar-refractivity contribution >= 4 is 31.9 Å². The van der Waals surface area contributed by atoms with Gasteiger partial charge >= 0.3 is 0 Å². The van der Waals surface area contributed by atoms with Crippen LogP contribution in [-0.2, 0) is 14.8 Å². The van der Waals surface area contributed by atoms with Crippen molar-refractivity contribution in [3.63, 3.8) is 0 Å². The Balaban J connectivity index is 2.23. The van der Waals surface area contributed by atoms with Crippen LogP contribution in [0.15, 0.2) is 45.3 Å². The van der Waals surface area contributed by atoms with Crippen molar-refractivity contribution in [3.8, 4) is 0 Å². The third kappa shape index (κ3) is 3.05. The molecule has 102 valence electrons. The van der Waals surface area contributed by atoms with Crippen LogP contribution in [0.3, 0.4) is 0 Å². The molecule has 0 amide bonds. The minimum Gasteiger partial charge on any atom is -0.545 e. The molecule has 2 rings (SSSR count). The van der Waals surface area contributed by atoms with E-state index in [2.05, 4.69) is 15.9 Å². The summed E-state index contributed by atoms with van der Waals surface area (Å²) in [6.45, 7) is 0.208. The fourth-order valence-electron chi connectivity index (χ4n) is 1.81. The monoisotopic (exact) mass is 344 g/mol. The Morgan fingerprint density at radius 2 is 1.89 bits per heavy atom. The minimum absolute atomic E-state index is 0.0573. The van der Waals surface area contributed by atoms with Crippen LogP contribution in [0.25, 0.3) is 0 Å². The summed E-state index contributed by atoms with van der Waals surface area (Å²) in [6, 6.07) is 6.33. The summed E-state index contributed by atoms with van der Waals surface area (Å²) in [6.07, 6.45) is 1.55. The van der Waals surface area contributed by atoms with Gasteiger partial charge in [-0.1, -0.05) is 22.0 Å². The molecule has 5 nitrogen and oxygen atoms in total. The quantitative estimate of drug-likeness (QED) is 0.800. The van der Waals surface area contributed by atoms with Crippen molar-refractivity contribution in [2.24, 2.45) is 0 Å². The Bertz CT molecular complexity index is 622. The van der Waals surface area contributed by atoms with Gasteiger partial charge in [-0.2, -0.15) is 4.31 Å². The molecular weight excluding hydrogens is 334 g/mol. The Morgan fingerprint density at radius 3 is 2.37 bits per heavy atom. The number of benzene rings is 1. The Hall–Kier alpha value is -1.18. The lowest BCUT2D eigenvalue weighted by atomic mass is 10.1. The number of hydrogen-bond donors (Lipinski definition) is 0. The van der Waals surface area contributed by atoms with Gasteiger partial charge in [0, 0.05) is 17.6 Å². The van der Waals surface area contributed by atoms with Crippen molar-refractivity contribution in [3.05, 3.63) is 40.4 Å². The zero-order chi connectivity index (χ0) is 14.0. The van der Waals surface area contributed by atoms with E-state index in [4.69, 9.17) is 0 Å². The first-order valence-electron chi connectivity index (χ1n) is 5.57. The lowest BCUT2D eigenvalue weighted by Crippen LogP contribution is -2.37. The van der Waals surface area contributed by atoms with Crippen molar-refractivity contribution < 1.29 is 18.3 Å². The fraction of sp³-hybridized carbons (Fsp3) is 0.250. The highest BCUT2D eigenvalue weighted by atomic mass is 79.9. The van der Waals surface area contributed by atoms with Gasteiger partial charge < -0.3 is 9.90 Å². The molecule has 0 fully saturated rings. The average Bonchev–Trinajstić information content (AvgIpc) is 2.39. The Labute approximate surface area is 119 Å². The molecule has 0 saturated heterocycles. The fourth-order valence-corrected chi connectivity index (χ4v) is 3.45. The van der Waals surface area contributed by atoms with Crippen LogP contribution in [-0.4, -0.2) is 31.8 Å². The molecule has 0 radical (unpaired) electrons. The molecule has 0 bridgehead atoms. The van der Waals surface area contributed by atoms with Crippen LogP contribution >= 0.6 is 15.9 Å². The molecule has 1 aliphatic rings. The highest BCUT2D eigenvalue weighted by Crippen LogP contribution is 2.21. The third-order valence-electron chi connectivity index (χ3n) is 2.89. The van der Waals surface area contributed by atoms with E-state index in [0.717, 1.165) is 4.47 Å². The van der Waals surface area contributed by atoms with Gasteiger partial charge in [0.1, 0.15) is 0 Å². The predicted molar refractivity (Wildman–Crippen MR) is 70.6 cm³/mol. The summed E-state index contributed by atoms with van der Waals surface area (Å²) in [5.41, 5.74) is 0.155. The summed E-state index contributed by atoms with van der Waals surface area (Å²) in [5.74, 6) is -1.24. The van der Waals surface area contributed by atoms with Crippen LogP contribution in [0.4, 0.5) is 0 Å². The van der Waals surface area contributed by atoms with E-state index in [-0.39, 0.29) is 30.0 Å². The summed E-state index contributed by atoms with van der Waals surface area (Å²) in [7, 11) is -3.57. The van der Waals surface area contributed by atoms with Crippen molar-refractivity contribution in [1.29, 1.82) is 0 Å². The normalized spacial score (nSPS) is 17.0. The maximum atomic E-state index is 12.3. The minimum atomic E-state index is -3.57. The second-order valence-corrected chi connectivity index (χ2v) is 6.94. The number of carbonyl (C=O) groups excluding carboxylic acids is 1. The number of aliphatic carboxylic acids is 1. The zero-order valence-electron chi connectivity index (χ0n) is 9.87. The van der Waals surface area contributed by atoms with E-state index in [1.54, 1.807) is 12.1 Å². The molecule has 1 heterocycles. The molecule has 0 aromatic heterocycles. The van der Waals surface area contributed by atoms with Crippen LogP contribution in [0, 0.1) is 0 Å². The van der Waals surface area contributed by atoms with E-state index >= 15 is 0 Å². The molecule has 0 aliphatic carbocycles. The van der Waals surface area contributed by atoms with Crippen LogP contribution in [0.2, 0.25) is 0 Å². The van der Waals surface area contributed by atoms with Crippen molar-refractivity contribution in [2.45, 2.75) is 11.3 Å². The molecule has 1 aromatic carbocycles. The lowest BCUT2D eigenvalue weighted by molar-refractivity contribution is -0.299. The van der Waals surface area contributed by atoms with E-state index in [1.165, 1.54) is 22.5 Å². The summed E-state index contributed by atoms with van der Waals surface area (Å²) in [5, 5.41) is 10.7. The van der Waals surface area contributed by atoms with Gasteiger partial charge in [0.05, 0.1) is 10.9 Å². The second-order valence-electron chi connectivity index (χ2n) is 4.08. The maximum Gasteiger partial charge on any atom is 0.243 e. The SMILES string of the molecule is O=C([O-])C1=CCN(S(=O)(=O)c2ccc(Br)cc2)CC1. The van der Waals surface area contributed by atoms with Gasteiger partial charge in [-0.3, -0.25) is 0 Å². The molecule has 0 atom stereocenters. The second kappa shape index (κ2) is 5.44. The smallest absolute Gasteiger partial charge is 0.243 e. The van der Waals surface area contributed by atoms with E-state index < -0.39 is 16.0 Å². The van der Waals surface area contributed by atoms with Crippen LogP contribution in [0.5, 0.6) is 0 Å². The molecule has 0 N–H and O–H groups in total. The third-order valence-corrected chi connectivity index (χ3v) is 5.29. The largest absolute Gasteiger partial charge is 0.545 e. The maximum absolute atomic E-state index is 12.3. The van der Waals surface area contributed by atoms with Crippen molar-refractivity contribution in [1.82, 2.24) is 4.31 Å². The molecule has 1 aliphatic heterocycles. The van der Waals surface area contributed by atoms with Crippen LogP contribution in [0.1, 0.15) is 6.42 Å². The Kier molecular flexibility index (Phi) is 4.07. The number of carbonyl (C=O) groups is 1. The number of rotatable bonds is 3. The molecule has 0 spiro atoms. The summed E-state index contributed by atoms with van der Waals surface area (Å²) >= 11 is 3.24. The number of sulfonamides is 1. The number of nitrogens with zero attached hydrogens (tertiary/aromatic N) is 1. The van der Waals surface area contributed by atoms with Gasteiger partial charge in [0.2, 0.25) is 10.0 Å². The number of carboxylic acids is 1. The molecule has 7 heteroatoms. The van der Waals surface area contributed by atoms with E-state index in [9.17, 15) is 18.3 Å². The first-order valence-corrected chi connectivity index (χ1v) is 7.80. The van der Waals surface area contributed by atoms with Gasteiger partial charge in [0.25, 0.3) is 0 Å². The van der Waals surface area contributed by atoms with Crippen LogP contribution < -0.4 is 5.11 Å². The molecule has 19 heavy (non-hydrogen) atoms. The molecule has 0 unspecified atom stereocenters. The molecule has 0 saturated carbocycles. The highest BCUT2D eigenvalue weighted by Gasteiger charge is 2.26. The van der Waals surface area contributed by atoms with Gasteiger partial charge in [-0.25, -0.2) is 8.42 Å². The standard InChI is InChI=1S/C12H12BrNO4S/c13-10-1-3-11(4-2-10)19(17,18)14-7-5-9(6-8-14)12(15)16/h1-5H,6-8H2,(H,15,16)/p-1. The summed E-state index contributed by atoms with van der Waals surface area (Å²) < 4.78 is 26.6.